The molecule has 0 saturated heterocycles. The van der Waals surface area contributed by atoms with Crippen molar-refractivity contribution in [3.63, 3.8) is 0 Å². The van der Waals surface area contributed by atoms with Gasteiger partial charge in [-0.25, -0.2) is 0 Å². The molecule has 17 heteroatoms. The Hall–Kier alpha value is -2.94. The first kappa shape index (κ1) is 26.3. The van der Waals surface area contributed by atoms with E-state index in [1.807, 2.05) is 0 Å². The Balaban J connectivity index is 2.09. The third-order valence-corrected chi connectivity index (χ3v) is 6.18. The van der Waals surface area contributed by atoms with E-state index in [0.29, 0.717) is 0 Å². The predicted octanol–water partition coefficient (Wildman–Crippen LogP) is 0.154. The van der Waals surface area contributed by atoms with Crippen LogP contribution >= 0.6 is 0 Å². The Bertz CT molecular complexity index is 1210. The molecule has 2 radical (unpaired) electrons. The fraction of sp³-hybridized carbons (Fsp3) is 0. The molecular formula is C16H10O14PbS2. The fourth-order valence-electron chi connectivity index (χ4n) is 2.17. The minimum absolute atomic E-state index is 0.452. The first-order chi connectivity index (χ1) is 15.3. The summed E-state index contributed by atoms with van der Waals surface area (Å²) in [5, 5.41) is 0. The van der Waals surface area contributed by atoms with Gasteiger partial charge < -0.3 is 0 Å². The van der Waals surface area contributed by atoms with Crippen LogP contribution in [0.2, 0.25) is 0 Å². The number of benzene rings is 2. The number of hydrogen-bond donors (Lipinski definition) is 2. The molecule has 174 valence electrons. The zero-order valence-electron chi connectivity index (χ0n) is 15.7. The Kier molecular flexibility index (Phi) is 8.60. The molecule has 0 aliphatic carbocycles. The van der Waals surface area contributed by atoms with E-state index in [1.54, 1.807) is 0 Å². The molecule has 0 atom stereocenters. The van der Waals surface area contributed by atoms with E-state index in [0.717, 1.165) is 24.3 Å². The second-order valence-electron chi connectivity index (χ2n) is 5.55. The van der Waals surface area contributed by atoms with E-state index >= 15 is 0 Å². The Morgan fingerprint density at radius 2 is 0.848 bits per heavy atom. The first-order valence-corrected chi connectivity index (χ1v) is 14.0. The van der Waals surface area contributed by atoms with Crippen molar-refractivity contribution in [3.05, 3.63) is 70.8 Å². The van der Waals surface area contributed by atoms with E-state index < -0.39 is 92.1 Å². The SMILES string of the molecule is O=C([O][Pb][O]C(=O)c1ccccc1C(=O)OS(=O)(=O)O)c1ccccc1C(=O)OS(=O)(=O)O. The molecular weight excluding hydrogens is 687 g/mol. The van der Waals surface area contributed by atoms with Crippen molar-refractivity contribution in [1.29, 1.82) is 0 Å². The molecule has 0 aromatic heterocycles. The Labute approximate surface area is 198 Å². The zero-order valence-corrected chi connectivity index (χ0v) is 21.2. The van der Waals surface area contributed by atoms with E-state index in [9.17, 15) is 36.0 Å². The summed E-state index contributed by atoms with van der Waals surface area (Å²) in [6, 6.07) is 9.32. The van der Waals surface area contributed by atoms with E-state index in [2.05, 4.69) is 8.37 Å². The van der Waals surface area contributed by atoms with Gasteiger partial charge in [-0.15, -0.1) is 0 Å². The molecule has 0 bridgehead atoms. The summed E-state index contributed by atoms with van der Waals surface area (Å²) in [6.45, 7) is 0. The van der Waals surface area contributed by atoms with Gasteiger partial charge in [-0.3, -0.25) is 0 Å². The standard InChI is InChI=1S/2C8H6O7S.Pb/c2*9-7(10)5-3-1-2-4-6(5)8(11)15-16(12,13)14;/h2*1-4H,(H,9,10)(H,12,13,14);/q;;+2/p-2. The van der Waals surface area contributed by atoms with Crippen LogP contribution in [0, 0.1) is 0 Å². The van der Waals surface area contributed by atoms with E-state index in [4.69, 9.17) is 14.5 Å². The van der Waals surface area contributed by atoms with Gasteiger partial charge in [0, 0.05) is 0 Å². The maximum atomic E-state index is 12.2. The molecule has 0 fully saturated rings. The van der Waals surface area contributed by atoms with Crippen molar-refractivity contribution in [1.82, 2.24) is 0 Å². The molecule has 14 nitrogen and oxygen atoms in total. The summed E-state index contributed by atoms with van der Waals surface area (Å²) in [5.74, 6) is -5.48. The molecule has 0 aliphatic rings. The molecule has 0 amide bonds. The maximum absolute atomic E-state index is 12.2. The average molecular weight is 698 g/mol. The van der Waals surface area contributed by atoms with Crippen LogP contribution < -0.4 is 0 Å². The molecule has 33 heavy (non-hydrogen) atoms. The van der Waals surface area contributed by atoms with Crippen molar-refractivity contribution in [2.24, 2.45) is 0 Å². The second-order valence-corrected chi connectivity index (χ2v) is 9.83. The van der Waals surface area contributed by atoms with Gasteiger partial charge in [-0.1, -0.05) is 0 Å². The van der Waals surface area contributed by atoms with Crippen molar-refractivity contribution in [2.45, 2.75) is 0 Å². The molecule has 0 unspecified atom stereocenters. The zero-order chi connectivity index (χ0) is 24.8. The summed E-state index contributed by atoms with van der Waals surface area (Å²) < 4.78 is 77.3. The molecule has 2 rings (SSSR count). The fourth-order valence-corrected chi connectivity index (χ4v) is 4.33. The predicted molar refractivity (Wildman–Crippen MR) is 103 cm³/mol. The van der Waals surface area contributed by atoms with Crippen molar-refractivity contribution >= 4 is 69.8 Å². The van der Waals surface area contributed by atoms with Crippen LogP contribution in [-0.4, -0.2) is 75.0 Å². The van der Waals surface area contributed by atoms with E-state index in [-0.39, 0.29) is 0 Å². The Morgan fingerprint density at radius 3 is 1.12 bits per heavy atom. The summed E-state index contributed by atoms with van der Waals surface area (Å²) in [5.41, 5.74) is -2.03. The number of carbonyl (C=O) groups excluding carboxylic acids is 4. The molecule has 0 heterocycles. The second kappa shape index (κ2) is 10.8. The minimum atomic E-state index is -5.15. The van der Waals surface area contributed by atoms with Gasteiger partial charge in [-0.05, 0) is 0 Å². The number of carbonyl (C=O) groups is 4. The molecule has 2 aromatic carbocycles. The topological polar surface area (TPSA) is 214 Å². The monoisotopic (exact) mass is 698 g/mol. The van der Waals surface area contributed by atoms with Gasteiger partial charge in [0.25, 0.3) is 0 Å². The summed E-state index contributed by atoms with van der Waals surface area (Å²) in [6.07, 6.45) is 0. The summed E-state index contributed by atoms with van der Waals surface area (Å²) in [4.78, 5) is 48.1. The summed E-state index contributed by atoms with van der Waals surface area (Å²) >= 11 is -3.02. The normalized spacial score (nSPS) is 11.2. The van der Waals surface area contributed by atoms with Crippen molar-refractivity contribution in [2.75, 3.05) is 0 Å². The van der Waals surface area contributed by atoms with E-state index in [1.165, 1.54) is 24.3 Å². The molecule has 2 aromatic rings. The quantitative estimate of drug-likeness (QED) is 0.278. The van der Waals surface area contributed by atoms with Gasteiger partial charge >= 0.3 is 199 Å². The van der Waals surface area contributed by atoms with Crippen LogP contribution in [0.25, 0.3) is 0 Å². The average Bonchev–Trinajstić information content (AvgIpc) is 2.71. The molecule has 2 N–H and O–H groups in total. The van der Waals surface area contributed by atoms with Gasteiger partial charge in [0.2, 0.25) is 0 Å². The van der Waals surface area contributed by atoms with Crippen molar-refractivity contribution in [3.8, 4) is 0 Å². The van der Waals surface area contributed by atoms with Crippen LogP contribution in [0.5, 0.6) is 0 Å². The van der Waals surface area contributed by atoms with Gasteiger partial charge in [0.15, 0.2) is 0 Å². The molecule has 0 spiro atoms. The van der Waals surface area contributed by atoms with Crippen molar-refractivity contribution < 1.29 is 58.9 Å². The molecule has 0 aliphatic heterocycles. The third kappa shape index (κ3) is 8.16. The van der Waals surface area contributed by atoms with Crippen LogP contribution in [-0.2, 0) is 34.5 Å². The van der Waals surface area contributed by atoms with Crippen LogP contribution in [0.3, 0.4) is 0 Å². The van der Waals surface area contributed by atoms with Crippen LogP contribution in [0.4, 0.5) is 0 Å². The molecule has 0 saturated carbocycles. The number of rotatable bonds is 8. The van der Waals surface area contributed by atoms with Crippen LogP contribution in [0.15, 0.2) is 48.5 Å². The van der Waals surface area contributed by atoms with Gasteiger partial charge in [-0.2, -0.15) is 0 Å². The van der Waals surface area contributed by atoms with Gasteiger partial charge in [0.05, 0.1) is 0 Å². The van der Waals surface area contributed by atoms with Crippen LogP contribution in [0.1, 0.15) is 41.4 Å². The number of hydrogen-bond acceptors (Lipinski definition) is 12. The third-order valence-electron chi connectivity index (χ3n) is 3.36. The Morgan fingerprint density at radius 1 is 0.576 bits per heavy atom. The first-order valence-electron chi connectivity index (χ1n) is 8.06. The summed E-state index contributed by atoms with van der Waals surface area (Å²) in [7, 11) is -10.3. The van der Waals surface area contributed by atoms with Gasteiger partial charge in [0.1, 0.15) is 0 Å².